The third-order valence-corrected chi connectivity index (χ3v) is 14.6. The molecule has 13 nitrogen and oxygen atoms in total. The highest BCUT2D eigenvalue weighted by molar-refractivity contribution is 14.1. The van der Waals surface area contributed by atoms with Gasteiger partial charge in [0.25, 0.3) is 8.32 Å². The van der Waals surface area contributed by atoms with E-state index in [2.05, 4.69) is 119 Å². The molecular weight excluding hydrogens is 793 g/mol. The first-order valence-corrected chi connectivity index (χ1v) is 20.0. The number of hydrogen-bond acceptors (Lipinski definition) is 10. The van der Waals surface area contributed by atoms with E-state index in [9.17, 15) is 14.7 Å². The zero-order valence-corrected chi connectivity index (χ0v) is 33.3. The van der Waals surface area contributed by atoms with Gasteiger partial charge in [0, 0.05) is 12.6 Å². The smallest absolute Gasteiger partial charge is 0.413 e. The molecular formula is C37H44IN7O6Si. The average molecular weight is 838 g/mol. The Hall–Kier alpha value is -4.61. The topological polar surface area (TPSA) is 163 Å². The molecule has 0 aliphatic rings. The standard InChI is InChI=1S/C37H44IN7O6Si/c1-7-14-24(21-22-51-52(37(2,3)4,25-15-10-8-11-16-25)26-17-12-9-13-18-26)39-33-31-30(41-35(42-33)43-36(48)50-6)32(38)44-45(31)23-28-29(49-5)20-19-27(40-28)34(46)47/h8-13,15-20,24H,7,14,21-23H2,1-6H3,(H,46,47)(H2,39,41,42,43,48)/t24-/m0/s1. The minimum atomic E-state index is -2.77. The molecule has 3 heterocycles. The predicted molar refractivity (Wildman–Crippen MR) is 211 cm³/mol. The lowest BCUT2D eigenvalue weighted by Gasteiger charge is -2.43. The lowest BCUT2D eigenvalue weighted by molar-refractivity contribution is 0.0690. The molecule has 274 valence electrons. The zero-order chi connectivity index (χ0) is 37.5. The second-order valence-electron chi connectivity index (χ2n) is 13.2. The summed E-state index contributed by atoms with van der Waals surface area (Å²) in [5, 5.41) is 22.8. The van der Waals surface area contributed by atoms with Gasteiger partial charge in [-0.2, -0.15) is 10.1 Å². The second-order valence-corrected chi connectivity index (χ2v) is 18.6. The lowest BCUT2D eigenvalue weighted by Crippen LogP contribution is -2.66. The number of fused-ring (bicyclic) bond motifs is 1. The summed E-state index contributed by atoms with van der Waals surface area (Å²) in [5.74, 6) is -0.270. The number of amides is 1. The molecule has 15 heteroatoms. The summed E-state index contributed by atoms with van der Waals surface area (Å²) in [7, 11) is -0.00330. The minimum absolute atomic E-state index is 0.0432. The molecule has 2 aromatic carbocycles. The van der Waals surface area contributed by atoms with Crippen LogP contribution in [0.3, 0.4) is 0 Å². The largest absolute Gasteiger partial charge is 0.495 e. The van der Waals surface area contributed by atoms with Crippen LogP contribution in [-0.2, 0) is 15.7 Å². The number of pyridine rings is 1. The molecule has 3 N–H and O–H groups in total. The molecule has 0 aliphatic carbocycles. The summed E-state index contributed by atoms with van der Waals surface area (Å²) in [6, 6.07) is 23.9. The van der Waals surface area contributed by atoms with Crippen molar-refractivity contribution in [2.24, 2.45) is 0 Å². The number of rotatable bonds is 15. The molecule has 1 amide bonds. The van der Waals surface area contributed by atoms with Crippen molar-refractivity contribution in [2.45, 2.75) is 64.6 Å². The van der Waals surface area contributed by atoms with Crippen LogP contribution in [0.15, 0.2) is 72.8 Å². The third-order valence-electron chi connectivity index (χ3n) is 8.80. The van der Waals surface area contributed by atoms with Gasteiger partial charge in [-0.05, 0) is 63.0 Å². The van der Waals surface area contributed by atoms with Gasteiger partial charge in [0.1, 0.15) is 31.9 Å². The van der Waals surface area contributed by atoms with Crippen LogP contribution in [0.25, 0.3) is 11.0 Å². The molecule has 52 heavy (non-hydrogen) atoms. The van der Waals surface area contributed by atoms with E-state index in [-0.39, 0.29) is 29.3 Å². The molecule has 0 bridgehead atoms. The van der Waals surface area contributed by atoms with Gasteiger partial charge in [-0.3, -0.25) is 10.00 Å². The van der Waals surface area contributed by atoms with Crippen LogP contribution in [0, 0.1) is 3.70 Å². The summed E-state index contributed by atoms with van der Waals surface area (Å²) in [4.78, 5) is 37.7. The summed E-state index contributed by atoms with van der Waals surface area (Å²) in [6.07, 6.45) is 1.63. The van der Waals surface area contributed by atoms with Crippen LogP contribution >= 0.6 is 22.6 Å². The van der Waals surface area contributed by atoms with Crippen LogP contribution in [0.1, 0.15) is 63.1 Å². The summed E-state index contributed by atoms with van der Waals surface area (Å²) in [6.45, 7) is 9.44. The molecule has 0 fully saturated rings. The Balaban J connectivity index is 1.53. The predicted octanol–water partition coefficient (Wildman–Crippen LogP) is 6.31. The van der Waals surface area contributed by atoms with E-state index in [0.29, 0.717) is 45.0 Å². The van der Waals surface area contributed by atoms with Crippen molar-refractivity contribution in [3.05, 3.63) is 87.9 Å². The number of anilines is 2. The minimum Gasteiger partial charge on any atom is -0.495 e. The number of nitrogens with zero attached hydrogens (tertiary/aromatic N) is 5. The van der Waals surface area contributed by atoms with Gasteiger partial charge in [0.15, 0.2) is 5.82 Å². The normalized spacial score (nSPS) is 12.4. The molecule has 0 radical (unpaired) electrons. The maximum absolute atomic E-state index is 12.3. The number of carboxylic acids is 1. The van der Waals surface area contributed by atoms with Gasteiger partial charge >= 0.3 is 12.1 Å². The average Bonchev–Trinajstić information content (AvgIpc) is 3.44. The Morgan fingerprint density at radius 2 is 1.60 bits per heavy atom. The molecule has 0 saturated carbocycles. The van der Waals surface area contributed by atoms with Crippen molar-refractivity contribution in [1.29, 1.82) is 0 Å². The number of carbonyl (C=O) groups excluding carboxylic acids is 1. The Labute approximate surface area is 317 Å². The molecule has 1 atom stereocenters. The van der Waals surface area contributed by atoms with Crippen LogP contribution in [0.4, 0.5) is 16.6 Å². The van der Waals surface area contributed by atoms with E-state index in [1.165, 1.54) is 30.7 Å². The van der Waals surface area contributed by atoms with E-state index < -0.39 is 20.4 Å². The van der Waals surface area contributed by atoms with Crippen molar-refractivity contribution < 1.29 is 28.6 Å². The van der Waals surface area contributed by atoms with E-state index in [1.54, 1.807) is 10.7 Å². The van der Waals surface area contributed by atoms with Crippen LogP contribution in [0.5, 0.6) is 5.75 Å². The van der Waals surface area contributed by atoms with Crippen molar-refractivity contribution in [1.82, 2.24) is 24.7 Å². The fraction of sp³-hybridized carbons (Fsp3) is 0.351. The number of halogens is 1. The van der Waals surface area contributed by atoms with Gasteiger partial charge in [-0.25, -0.2) is 19.6 Å². The second kappa shape index (κ2) is 16.8. The number of ether oxygens (including phenoxy) is 2. The summed E-state index contributed by atoms with van der Waals surface area (Å²) < 4.78 is 19.8. The Morgan fingerprint density at radius 3 is 2.15 bits per heavy atom. The van der Waals surface area contributed by atoms with E-state index >= 15 is 0 Å². The van der Waals surface area contributed by atoms with Crippen molar-refractivity contribution >= 4 is 76.1 Å². The molecule has 5 rings (SSSR count). The number of carbonyl (C=O) groups is 2. The molecule has 5 aromatic rings. The fourth-order valence-electron chi connectivity index (χ4n) is 6.45. The highest BCUT2D eigenvalue weighted by Gasteiger charge is 2.50. The first kappa shape index (κ1) is 38.6. The maximum Gasteiger partial charge on any atom is 0.413 e. The Bertz CT molecular complexity index is 1970. The Morgan fingerprint density at radius 1 is 0.942 bits per heavy atom. The van der Waals surface area contributed by atoms with E-state index in [1.807, 2.05) is 12.1 Å². The van der Waals surface area contributed by atoms with Gasteiger partial charge in [-0.15, -0.1) is 0 Å². The van der Waals surface area contributed by atoms with E-state index in [0.717, 1.165) is 12.8 Å². The molecule has 0 spiro atoms. The molecule has 0 aliphatic heterocycles. The fourth-order valence-corrected chi connectivity index (χ4v) is 11.7. The SMILES string of the molecule is CCC[C@@H](CCO[Si](c1ccccc1)(c1ccccc1)C(C)(C)C)Nc1nc(NC(=O)OC)nc2c(I)nn(Cc3nc(C(=O)O)ccc3OC)c12. The van der Waals surface area contributed by atoms with Crippen molar-refractivity contribution in [2.75, 3.05) is 31.5 Å². The number of benzene rings is 2. The van der Waals surface area contributed by atoms with Crippen molar-refractivity contribution in [3.63, 3.8) is 0 Å². The van der Waals surface area contributed by atoms with Gasteiger partial charge in [0.2, 0.25) is 5.95 Å². The van der Waals surface area contributed by atoms with Crippen LogP contribution in [-0.4, -0.2) is 77.1 Å². The van der Waals surface area contributed by atoms with Gasteiger partial charge < -0.3 is 24.3 Å². The number of nitrogens with one attached hydrogen (secondary N) is 2. The molecule has 3 aromatic heterocycles. The van der Waals surface area contributed by atoms with Crippen LogP contribution < -0.4 is 25.7 Å². The first-order valence-electron chi connectivity index (χ1n) is 17.0. The lowest BCUT2D eigenvalue weighted by atomic mass is 10.1. The van der Waals surface area contributed by atoms with E-state index in [4.69, 9.17) is 24.0 Å². The molecule has 0 unspecified atom stereocenters. The van der Waals surface area contributed by atoms with Gasteiger partial charge in [0.05, 0.1) is 20.8 Å². The highest BCUT2D eigenvalue weighted by atomic mass is 127. The number of aromatic carboxylic acids is 1. The quantitative estimate of drug-likeness (QED) is 0.0801. The number of aromatic nitrogens is 5. The summed E-state index contributed by atoms with van der Waals surface area (Å²) >= 11 is 2.08. The monoisotopic (exact) mass is 837 g/mol. The maximum atomic E-state index is 12.3. The molecule has 0 saturated heterocycles. The first-order chi connectivity index (χ1) is 24.9. The number of methoxy groups -OCH3 is 2. The Kier molecular flexibility index (Phi) is 12.5. The number of hydrogen-bond donors (Lipinski definition) is 3. The van der Waals surface area contributed by atoms with Crippen LogP contribution in [0.2, 0.25) is 5.04 Å². The van der Waals surface area contributed by atoms with Crippen molar-refractivity contribution in [3.8, 4) is 5.75 Å². The third kappa shape index (κ3) is 8.37. The highest BCUT2D eigenvalue weighted by Crippen LogP contribution is 2.37. The van der Waals surface area contributed by atoms with Gasteiger partial charge in [-0.1, -0.05) is 94.8 Å². The zero-order valence-electron chi connectivity index (χ0n) is 30.1. The summed E-state index contributed by atoms with van der Waals surface area (Å²) in [5.41, 5.74) is 1.29. The number of carboxylic acid groups (broad SMARTS) is 1.